The molecule has 2 saturated carbocycles. The third kappa shape index (κ3) is 6.14. The summed E-state index contributed by atoms with van der Waals surface area (Å²) >= 11 is 0. The summed E-state index contributed by atoms with van der Waals surface area (Å²) in [5.74, 6) is -2.35. The Bertz CT molecular complexity index is 1400. The molecule has 2 aliphatic carbocycles. The van der Waals surface area contributed by atoms with Gasteiger partial charge in [-0.3, -0.25) is 14.3 Å². The number of nitrogens with zero attached hydrogens (tertiary/aromatic N) is 3. The van der Waals surface area contributed by atoms with Crippen molar-refractivity contribution < 1.29 is 23.1 Å². The second kappa shape index (κ2) is 11.2. The number of H-pyrrole nitrogens is 1. The molecule has 41 heavy (non-hydrogen) atoms. The molecule has 1 aromatic carbocycles. The molecule has 3 aliphatic rings. The third-order valence-corrected chi connectivity index (χ3v) is 8.50. The smallest absolute Gasteiger partial charge is 0.270 e. The average Bonchev–Trinajstić information content (AvgIpc) is 3.47. The quantitative estimate of drug-likeness (QED) is 0.304. The van der Waals surface area contributed by atoms with Crippen LogP contribution in [0.5, 0.6) is 0 Å². The van der Waals surface area contributed by atoms with Gasteiger partial charge in [0.15, 0.2) is 0 Å². The SMILES string of the molecule is CC(C)n1nccc1C(=O)N[C@H](c1nc2ccc([C@H](NC(=O)CC3CC(F)(F)C3)C3CC3)cc2[nH]1)C1CCCCO1. The number of amides is 2. The molecule has 9 nitrogen and oxygen atoms in total. The molecule has 1 unspecified atom stereocenters. The molecule has 6 rings (SSSR count). The molecule has 0 radical (unpaired) electrons. The Morgan fingerprint density at radius 2 is 1.93 bits per heavy atom. The maximum Gasteiger partial charge on any atom is 0.270 e. The van der Waals surface area contributed by atoms with Crippen LogP contribution in [-0.2, 0) is 9.53 Å². The number of hydrogen-bond donors (Lipinski definition) is 3. The molecule has 1 aliphatic heterocycles. The van der Waals surface area contributed by atoms with Crippen LogP contribution in [-0.4, -0.2) is 50.2 Å². The number of halogens is 2. The first-order valence-corrected chi connectivity index (χ1v) is 14.8. The molecule has 3 aromatic rings. The number of carbonyl (C=O) groups is 2. The predicted octanol–water partition coefficient (Wildman–Crippen LogP) is 5.38. The topological polar surface area (TPSA) is 114 Å². The number of rotatable bonds is 10. The highest BCUT2D eigenvalue weighted by Gasteiger charge is 2.46. The minimum absolute atomic E-state index is 0.0364. The number of ether oxygens (including phenoxy) is 1. The average molecular weight is 569 g/mol. The van der Waals surface area contributed by atoms with Gasteiger partial charge in [0.25, 0.3) is 5.91 Å². The van der Waals surface area contributed by atoms with E-state index in [4.69, 9.17) is 9.72 Å². The Labute approximate surface area is 237 Å². The van der Waals surface area contributed by atoms with E-state index in [-0.39, 0.29) is 55.2 Å². The molecule has 2 aromatic heterocycles. The predicted molar refractivity (Wildman–Crippen MR) is 148 cm³/mol. The van der Waals surface area contributed by atoms with E-state index in [1.165, 1.54) is 0 Å². The van der Waals surface area contributed by atoms with Crippen LogP contribution in [0.25, 0.3) is 11.0 Å². The van der Waals surface area contributed by atoms with Gasteiger partial charge in [-0.15, -0.1) is 0 Å². The second-order valence-electron chi connectivity index (χ2n) is 12.2. The normalized spacial score (nSPS) is 22.3. The number of nitrogens with one attached hydrogen (secondary N) is 3. The highest BCUT2D eigenvalue weighted by atomic mass is 19.3. The summed E-state index contributed by atoms with van der Waals surface area (Å²) in [6, 6.07) is 6.99. The van der Waals surface area contributed by atoms with Gasteiger partial charge in [0.05, 0.1) is 23.2 Å². The van der Waals surface area contributed by atoms with Crippen LogP contribution >= 0.6 is 0 Å². The van der Waals surface area contributed by atoms with Crippen molar-refractivity contribution in [3.63, 3.8) is 0 Å². The maximum atomic E-state index is 13.4. The number of alkyl halides is 2. The van der Waals surface area contributed by atoms with Gasteiger partial charge in [-0.05, 0) is 81.5 Å². The summed E-state index contributed by atoms with van der Waals surface area (Å²) in [4.78, 5) is 34.4. The van der Waals surface area contributed by atoms with E-state index in [0.29, 0.717) is 24.0 Å². The first kappa shape index (κ1) is 27.8. The van der Waals surface area contributed by atoms with Gasteiger partial charge in [0, 0.05) is 38.1 Å². The van der Waals surface area contributed by atoms with Crippen LogP contribution in [0.2, 0.25) is 0 Å². The molecule has 11 heteroatoms. The summed E-state index contributed by atoms with van der Waals surface area (Å²) < 4.78 is 34.3. The zero-order chi connectivity index (χ0) is 28.7. The summed E-state index contributed by atoms with van der Waals surface area (Å²) in [6.45, 7) is 4.59. The number of imidazole rings is 1. The third-order valence-electron chi connectivity index (χ3n) is 8.50. The Hall–Kier alpha value is -3.34. The second-order valence-corrected chi connectivity index (χ2v) is 12.2. The molecule has 3 atom stereocenters. The van der Waals surface area contributed by atoms with E-state index in [1.807, 2.05) is 32.0 Å². The summed E-state index contributed by atoms with van der Waals surface area (Å²) in [6.07, 6.45) is 5.94. The van der Waals surface area contributed by atoms with E-state index in [1.54, 1.807) is 16.9 Å². The van der Waals surface area contributed by atoms with Crippen LogP contribution in [0, 0.1) is 11.8 Å². The summed E-state index contributed by atoms with van der Waals surface area (Å²) in [5, 5.41) is 10.6. The van der Waals surface area contributed by atoms with E-state index < -0.39 is 12.0 Å². The van der Waals surface area contributed by atoms with Crippen LogP contribution in [0.4, 0.5) is 8.78 Å². The van der Waals surface area contributed by atoms with E-state index >= 15 is 0 Å². The van der Waals surface area contributed by atoms with Crippen molar-refractivity contribution in [3.05, 3.63) is 47.5 Å². The van der Waals surface area contributed by atoms with Crippen molar-refractivity contribution in [3.8, 4) is 0 Å². The molecule has 2 amide bonds. The lowest BCUT2D eigenvalue weighted by atomic mass is 9.79. The zero-order valence-electron chi connectivity index (χ0n) is 23.5. The van der Waals surface area contributed by atoms with E-state index in [0.717, 1.165) is 48.7 Å². The molecule has 3 fully saturated rings. The minimum Gasteiger partial charge on any atom is -0.376 e. The number of fused-ring (bicyclic) bond motifs is 1. The Balaban J connectivity index is 1.22. The number of aromatic amines is 1. The highest BCUT2D eigenvalue weighted by molar-refractivity contribution is 5.93. The minimum atomic E-state index is -2.63. The molecule has 1 saturated heterocycles. The number of carbonyl (C=O) groups excluding carboxylic acids is 2. The highest BCUT2D eigenvalue weighted by Crippen LogP contribution is 2.45. The van der Waals surface area contributed by atoms with Gasteiger partial charge in [-0.25, -0.2) is 13.8 Å². The van der Waals surface area contributed by atoms with E-state index in [9.17, 15) is 18.4 Å². The monoisotopic (exact) mass is 568 g/mol. The van der Waals surface area contributed by atoms with Gasteiger partial charge in [-0.2, -0.15) is 5.10 Å². The van der Waals surface area contributed by atoms with Crippen LogP contribution in [0.3, 0.4) is 0 Å². The molecule has 3 N–H and O–H groups in total. The van der Waals surface area contributed by atoms with Gasteiger partial charge in [0.1, 0.15) is 17.6 Å². The molecular formula is C30H38F2N6O3. The first-order valence-electron chi connectivity index (χ1n) is 14.8. The zero-order valence-corrected chi connectivity index (χ0v) is 23.5. The van der Waals surface area contributed by atoms with E-state index in [2.05, 4.69) is 20.7 Å². The first-order chi connectivity index (χ1) is 19.7. The fourth-order valence-corrected chi connectivity index (χ4v) is 6.20. The number of benzene rings is 1. The molecule has 0 bridgehead atoms. The van der Waals surface area contributed by atoms with Crippen LogP contribution < -0.4 is 10.6 Å². The molecular weight excluding hydrogens is 530 g/mol. The van der Waals surface area contributed by atoms with Crippen molar-refractivity contribution in [2.24, 2.45) is 11.8 Å². The lowest BCUT2D eigenvalue weighted by Gasteiger charge is -2.34. The fraction of sp³-hybridized carbons (Fsp3) is 0.600. The molecule has 3 heterocycles. The van der Waals surface area contributed by atoms with Crippen molar-refractivity contribution in [2.75, 3.05) is 6.61 Å². The fourth-order valence-electron chi connectivity index (χ4n) is 6.20. The van der Waals surface area contributed by atoms with Gasteiger partial charge in [0.2, 0.25) is 11.8 Å². The molecule has 0 spiro atoms. The van der Waals surface area contributed by atoms with Gasteiger partial charge < -0.3 is 20.4 Å². The lowest BCUT2D eigenvalue weighted by Crippen LogP contribution is -2.40. The van der Waals surface area contributed by atoms with Crippen LogP contribution in [0.1, 0.15) is 105 Å². The van der Waals surface area contributed by atoms with Crippen molar-refractivity contribution in [1.82, 2.24) is 30.4 Å². The maximum absolute atomic E-state index is 13.4. The summed E-state index contributed by atoms with van der Waals surface area (Å²) in [5.41, 5.74) is 2.99. The van der Waals surface area contributed by atoms with Crippen molar-refractivity contribution in [2.45, 2.75) is 95.4 Å². The van der Waals surface area contributed by atoms with Crippen LogP contribution in [0.15, 0.2) is 30.5 Å². The molecule has 220 valence electrons. The largest absolute Gasteiger partial charge is 0.376 e. The standard InChI is InChI=1S/C30H38F2N6O3/c1-17(2)38-23(10-11-33-38)29(40)37-27(24-5-3-4-12-41-24)28-34-21-9-8-20(14-22(21)35-28)26(19-6-7-19)36-25(39)13-18-15-30(31,32)16-18/h8-11,14,17-19,24,26-27H,3-7,12-13,15-16H2,1-2H3,(H,34,35)(H,36,39)(H,37,40)/t24?,26-,27+/m1/s1. The van der Waals surface area contributed by atoms with Gasteiger partial charge in [-0.1, -0.05) is 6.07 Å². The van der Waals surface area contributed by atoms with Gasteiger partial charge >= 0.3 is 0 Å². The number of hydrogen-bond acceptors (Lipinski definition) is 5. The Kier molecular flexibility index (Phi) is 7.56. The Morgan fingerprint density at radius 3 is 2.61 bits per heavy atom. The Morgan fingerprint density at radius 1 is 1.12 bits per heavy atom. The number of aromatic nitrogens is 4. The van der Waals surface area contributed by atoms with Crippen molar-refractivity contribution >= 4 is 22.8 Å². The lowest BCUT2D eigenvalue weighted by molar-refractivity contribution is -0.134. The summed E-state index contributed by atoms with van der Waals surface area (Å²) in [7, 11) is 0. The van der Waals surface area contributed by atoms with Crippen molar-refractivity contribution in [1.29, 1.82) is 0 Å².